The molecule has 0 bridgehead atoms. The van der Waals surface area contributed by atoms with Crippen molar-refractivity contribution < 1.29 is 24.5 Å². The van der Waals surface area contributed by atoms with Gasteiger partial charge in [-0.25, -0.2) is 4.98 Å². The molecule has 2 aromatic carbocycles. The second-order valence-electron chi connectivity index (χ2n) is 6.81. The van der Waals surface area contributed by atoms with E-state index >= 15 is 0 Å². The van der Waals surface area contributed by atoms with Gasteiger partial charge < -0.3 is 30.7 Å². The number of nitrogens with two attached hydrogens (primary N) is 1. The molecule has 0 saturated carbocycles. The van der Waals surface area contributed by atoms with E-state index in [0.29, 0.717) is 33.3 Å². The van der Waals surface area contributed by atoms with E-state index < -0.39 is 5.91 Å². The van der Waals surface area contributed by atoms with Crippen LogP contribution < -0.4 is 20.5 Å². The van der Waals surface area contributed by atoms with Crippen molar-refractivity contribution in [1.29, 1.82) is 0 Å². The number of methoxy groups -OCH3 is 2. The van der Waals surface area contributed by atoms with Gasteiger partial charge in [0.15, 0.2) is 5.13 Å². The number of nitrogens with zero attached hydrogens (tertiary/aromatic N) is 3. The average Bonchev–Trinajstić information content (AvgIpc) is 3.26. The minimum Gasteiger partial charge on any atom is -0.508 e. The first-order chi connectivity index (χ1) is 15.9. The van der Waals surface area contributed by atoms with Crippen molar-refractivity contribution in [2.45, 2.75) is 0 Å². The number of amides is 1. The zero-order chi connectivity index (χ0) is 23.5. The highest BCUT2D eigenvalue weighted by Gasteiger charge is 2.16. The molecule has 11 heteroatoms. The van der Waals surface area contributed by atoms with Crippen LogP contribution in [0.3, 0.4) is 0 Å². The number of aromatic nitrogens is 3. The summed E-state index contributed by atoms with van der Waals surface area (Å²) in [6, 6.07) is 10.9. The molecule has 10 nitrogen and oxygen atoms in total. The first kappa shape index (κ1) is 21.8. The van der Waals surface area contributed by atoms with Crippen molar-refractivity contribution in [1.82, 2.24) is 15.0 Å². The molecule has 0 fully saturated rings. The molecule has 2 aromatic heterocycles. The lowest BCUT2D eigenvalue weighted by atomic mass is 10.0. The number of rotatable bonds is 7. The van der Waals surface area contributed by atoms with Gasteiger partial charge in [0.1, 0.15) is 11.5 Å². The number of aromatic hydroxyl groups is 2. The Kier molecular flexibility index (Phi) is 5.96. The Morgan fingerprint density at radius 2 is 1.73 bits per heavy atom. The first-order valence-corrected chi connectivity index (χ1v) is 10.4. The number of ether oxygens (including phenoxy) is 2. The summed E-state index contributed by atoms with van der Waals surface area (Å²) >= 11 is 1.33. The molecule has 0 atom stereocenters. The summed E-state index contributed by atoms with van der Waals surface area (Å²) in [6.07, 6.45) is 0. The van der Waals surface area contributed by atoms with Gasteiger partial charge in [-0.15, -0.1) is 11.3 Å². The number of phenolic OH excluding ortho intramolecular Hbond substituents is 2. The summed E-state index contributed by atoms with van der Waals surface area (Å²) in [7, 11) is 2.89. The lowest BCUT2D eigenvalue weighted by Crippen LogP contribution is -2.13. The summed E-state index contributed by atoms with van der Waals surface area (Å²) in [4.78, 5) is 24.9. The quantitative estimate of drug-likeness (QED) is 0.321. The van der Waals surface area contributed by atoms with Gasteiger partial charge in [-0.1, -0.05) is 0 Å². The van der Waals surface area contributed by atoms with Crippen molar-refractivity contribution in [2.24, 2.45) is 5.73 Å². The van der Waals surface area contributed by atoms with Gasteiger partial charge in [0.25, 0.3) is 0 Å². The van der Waals surface area contributed by atoms with E-state index in [9.17, 15) is 15.0 Å². The summed E-state index contributed by atoms with van der Waals surface area (Å²) in [5.74, 6) is -0.470. The molecule has 0 aliphatic carbocycles. The second kappa shape index (κ2) is 9.01. The van der Waals surface area contributed by atoms with Gasteiger partial charge in [-0.3, -0.25) is 4.79 Å². The maximum atomic E-state index is 12.0. The van der Waals surface area contributed by atoms with E-state index in [1.807, 2.05) is 0 Å². The fourth-order valence-corrected chi connectivity index (χ4v) is 3.86. The highest BCUT2D eigenvalue weighted by molar-refractivity contribution is 7.14. The van der Waals surface area contributed by atoms with Crippen LogP contribution in [0.1, 0.15) is 10.4 Å². The summed E-state index contributed by atoms with van der Waals surface area (Å²) < 4.78 is 10.3. The van der Waals surface area contributed by atoms with Crippen LogP contribution in [0.15, 0.2) is 47.8 Å². The Balaban J connectivity index is 1.69. The smallest absolute Gasteiger partial charge is 0.320 e. The van der Waals surface area contributed by atoms with E-state index in [1.54, 1.807) is 29.6 Å². The third-order valence-electron chi connectivity index (χ3n) is 4.59. The van der Waals surface area contributed by atoms with Crippen LogP contribution in [-0.2, 0) is 0 Å². The lowest BCUT2D eigenvalue weighted by molar-refractivity contribution is 0.100. The molecular weight excluding hydrogens is 446 g/mol. The van der Waals surface area contributed by atoms with Crippen molar-refractivity contribution in [3.8, 4) is 45.9 Å². The molecular formula is C22H19N5O5S. The second-order valence-corrected chi connectivity index (χ2v) is 7.67. The number of benzene rings is 2. The van der Waals surface area contributed by atoms with E-state index in [4.69, 9.17) is 15.2 Å². The van der Waals surface area contributed by atoms with Crippen LogP contribution in [0.25, 0.3) is 22.5 Å². The largest absolute Gasteiger partial charge is 0.508 e. The van der Waals surface area contributed by atoms with E-state index in [-0.39, 0.29) is 29.0 Å². The van der Waals surface area contributed by atoms with Crippen LogP contribution >= 0.6 is 11.3 Å². The van der Waals surface area contributed by atoms with Gasteiger partial charge in [-0.2, -0.15) is 9.97 Å². The number of carbonyl (C=O) groups excluding carboxylic acids is 1. The van der Waals surface area contributed by atoms with Gasteiger partial charge in [0.2, 0.25) is 11.8 Å². The molecule has 0 saturated heterocycles. The van der Waals surface area contributed by atoms with E-state index in [1.165, 1.54) is 43.8 Å². The third-order valence-corrected chi connectivity index (χ3v) is 5.35. The zero-order valence-electron chi connectivity index (χ0n) is 17.6. The monoisotopic (exact) mass is 465 g/mol. The number of carbonyl (C=O) groups is 1. The number of hydrogen-bond acceptors (Lipinski definition) is 10. The van der Waals surface area contributed by atoms with Crippen LogP contribution in [-0.4, -0.2) is 45.3 Å². The third kappa shape index (κ3) is 4.77. The van der Waals surface area contributed by atoms with Crippen molar-refractivity contribution in [3.05, 3.63) is 53.4 Å². The van der Waals surface area contributed by atoms with Crippen molar-refractivity contribution in [2.75, 3.05) is 19.5 Å². The highest BCUT2D eigenvalue weighted by Crippen LogP contribution is 2.33. The summed E-state index contributed by atoms with van der Waals surface area (Å²) in [5, 5.41) is 25.0. The molecule has 0 radical (unpaired) electrons. The molecule has 5 N–H and O–H groups in total. The highest BCUT2D eigenvalue weighted by atomic mass is 32.1. The topological polar surface area (TPSA) is 153 Å². The fourth-order valence-electron chi connectivity index (χ4n) is 3.12. The number of primary amides is 1. The Bertz CT molecular complexity index is 1300. The fraction of sp³-hybridized carbons (Fsp3) is 0.0909. The van der Waals surface area contributed by atoms with Crippen LogP contribution in [0, 0.1) is 0 Å². The number of anilines is 2. The Morgan fingerprint density at radius 3 is 2.39 bits per heavy atom. The normalized spacial score (nSPS) is 10.6. The predicted molar refractivity (Wildman–Crippen MR) is 123 cm³/mol. The van der Waals surface area contributed by atoms with Crippen molar-refractivity contribution >= 4 is 28.1 Å². The van der Waals surface area contributed by atoms with Gasteiger partial charge in [0, 0.05) is 39.9 Å². The Morgan fingerprint density at radius 1 is 0.970 bits per heavy atom. The molecule has 2 heterocycles. The molecule has 0 spiro atoms. The van der Waals surface area contributed by atoms with Gasteiger partial charge >= 0.3 is 6.01 Å². The molecule has 33 heavy (non-hydrogen) atoms. The lowest BCUT2D eigenvalue weighted by Gasteiger charge is -2.11. The molecule has 168 valence electrons. The molecule has 0 aliphatic heterocycles. The molecule has 1 amide bonds. The van der Waals surface area contributed by atoms with Crippen LogP contribution in [0.4, 0.5) is 10.8 Å². The summed E-state index contributed by atoms with van der Waals surface area (Å²) in [6.45, 7) is 0. The number of phenols is 2. The SMILES string of the molecule is COc1cc(-c2cc(Nc3nc(-c4cc(O)cc(O)c4)cs3)ccc2C(N)=O)nc(OC)n1. The Labute approximate surface area is 192 Å². The van der Waals surface area contributed by atoms with Gasteiger partial charge in [-0.05, 0) is 30.3 Å². The Hall–Kier alpha value is -4.38. The van der Waals surface area contributed by atoms with Crippen LogP contribution in [0.5, 0.6) is 23.4 Å². The maximum absolute atomic E-state index is 12.0. The van der Waals surface area contributed by atoms with Crippen molar-refractivity contribution in [3.63, 3.8) is 0 Å². The van der Waals surface area contributed by atoms with Gasteiger partial charge in [0.05, 0.1) is 25.6 Å². The molecule has 4 rings (SSSR count). The number of nitrogens with one attached hydrogen (secondary N) is 1. The zero-order valence-corrected chi connectivity index (χ0v) is 18.4. The number of hydrogen-bond donors (Lipinski definition) is 4. The average molecular weight is 465 g/mol. The van der Waals surface area contributed by atoms with Crippen LogP contribution in [0.2, 0.25) is 0 Å². The first-order valence-electron chi connectivity index (χ1n) is 9.53. The molecule has 0 aliphatic rings. The van der Waals surface area contributed by atoms with E-state index in [2.05, 4.69) is 20.3 Å². The minimum absolute atomic E-state index is 0.0603. The predicted octanol–water partition coefficient (Wildman–Crippen LogP) is 3.54. The standard InChI is InChI=1S/C22H19N5O5S/c1-31-19-9-17(25-21(27-19)32-2)16-7-12(3-4-15(16)20(23)30)24-22-26-18(10-33-22)11-5-13(28)8-14(29)6-11/h3-10,28-29H,1-2H3,(H2,23,30)(H,24,26). The minimum atomic E-state index is -0.617. The van der Waals surface area contributed by atoms with E-state index in [0.717, 1.165) is 0 Å². The number of thiazole rings is 1. The molecule has 0 unspecified atom stereocenters. The maximum Gasteiger partial charge on any atom is 0.320 e. The molecule has 4 aromatic rings. The summed E-state index contributed by atoms with van der Waals surface area (Å²) in [5.41, 5.74) is 8.47.